The summed E-state index contributed by atoms with van der Waals surface area (Å²) in [6.07, 6.45) is 17.4. The molecule has 0 aliphatic rings. The summed E-state index contributed by atoms with van der Waals surface area (Å²) < 4.78 is 0. The fourth-order valence-electron chi connectivity index (χ4n) is 19.6. The highest BCUT2D eigenvalue weighted by Crippen LogP contribution is 2.48. The van der Waals surface area contributed by atoms with Crippen LogP contribution in [0.3, 0.4) is 0 Å². The van der Waals surface area contributed by atoms with Gasteiger partial charge < -0.3 is 19.6 Å². The molecule has 658 valence electrons. The van der Waals surface area contributed by atoms with Crippen molar-refractivity contribution in [3.8, 4) is 89.0 Å². The number of nitrogens with zero attached hydrogens (tertiary/aromatic N) is 4. The highest BCUT2D eigenvalue weighted by Gasteiger charge is 2.24. The molecule has 0 aliphatic carbocycles. The van der Waals surface area contributed by atoms with Crippen molar-refractivity contribution >= 4 is 89.8 Å². The van der Waals surface area contributed by atoms with Crippen LogP contribution in [0.5, 0.6) is 0 Å². The zero-order valence-corrected chi connectivity index (χ0v) is 78.3. The first kappa shape index (κ1) is 88.2. The second-order valence-corrected chi connectivity index (χ2v) is 36.5. The van der Waals surface area contributed by atoms with Crippen molar-refractivity contribution in [2.45, 2.75) is 131 Å². The van der Waals surface area contributed by atoms with E-state index in [4.69, 9.17) is 0 Å². The molecular formula is C130H118N4. The van der Waals surface area contributed by atoms with Gasteiger partial charge in [0.1, 0.15) is 0 Å². The molecule has 4 nitrogen and oxygen atoms in total. The van der Waals surface area contributed by atoms with Gasteiger partial charge >= 0.3 is 0 Å². The van der Waals surface area contributed by atoms with E-state index in [0.717, 1.165) is 103 Å². The Balaban J connectivity index is 0.612. The van der Waals surface area contributed by atoms with E-state index in [2.05, 4.69) is 498 Å². The normalized spacial score (nSPS) is 11.3. The molecule has 0 saturated heterocycles. The highest BCUT2D eigenvalue weighted by molar-refractivity contribution is 6.10. The van der Waals surface area contributed by atoms with E-state index in [1.807, 2.05) is 0 Å². The van der Waals surface area contributed by atoms with Gasteiger partial charge in [0, 0.05) is 68.2 Å². The lowest BCUT2D eigenvalue weighted by molar-refractivity contribution is 0.607. The highest BCUT2D eigenvalue weighted by atomic mass is 15.2. The molecule has 134 heavy (non-hydrogen) atoms. The van der Waals surface area contributed by atoms with Gasteiger partial charge in [-0.2, -0.15) is 0 Å². The van der Waals surface area contributed by atoms with Crippen LogP contribution < -0.4 is 19.6 Å². The van der Waals surface area contributed by atoms with E-state index in [9.17, 15) is 0 Å². The van der Waals surface area contributed by atoms with E-state index in [-0.39, 0.29) is 0 Å². The van der Waals surface area contributed by atoms with Gasteiger partial charge in [0.2, 0.25) is 0 Å². The van der Waals surface area contributed by atoms with Crippen molar-refractivity contribution in [3.63, 3.8) is 0 Å². The van der Waals surface area contributed by atoms with Crippen LogP contribution in [0.4, 0.5) is 68.2 Å². The second kappa shape index (κ2) is 41.6. The third-order valence-electron chi connectivity index (χ3n) is 27.0. The number of hydrogen-bond donors (Lipinski definition) is 0. The number of fused-ring (bicyclic) bond motifs is 2. The number of aryl methyl sites for hydroxylation is 6. The Morgan fingerprint density at radius 2 is 0.388 bits per heavy atom. The second-order valence-electron chi connectivity index (χ2n) is 36.5. The Labute approximate surface area is 794 Å². The number of benzene rings is 19. The lowest BCUT2D eigenvalue weighted by atomic mass is 9.86. The van der Waals surface area contributed by atoms with Gasteiger partial charge in [0.15, 0.2) is 0 Å². The average molecular weight is 1740 g/mol. The van der Waals surface area contributed by atoms with E-state index in [0.29, 0.717) is 0 Å². The molecule has 0 bridgehead atoms. The number of anilines is 12. The van der Waals surface area contributed by atoms with Crippen LogP contribution in [0.2, 0.25) is 0 Å². The minimum absolute atomic E-state index is 1.05. The molecule has 4 heteroatoms. The summed E-state index contributed by atoms with van der Waals surface area (Å²) in [5, 5.41) is 4.92. The topological polar surface area (TPSA) is 13.0 Å². The lowest BCUT2D eigenvalue weighted by Crippen LogP contribution is -2.12. The molecule has 19 aromatic rings. The zero-order valence-electron chi connectivity index (χ0n) is 78.3. The number of unbranched alkanes of at least 4 members (excludes halogenated alkanes) is 10. The van der Waals surface area contributed by atoms with Crippen molar-refractivity contribution in [1.82, 2.24) is 0 Å². The summed E-state index contributed by atoms with van der Waals surface area (Å²) in [6.45, 7) is 13.5. The van der Waals surface area contributed by atoms with E-state index in [1.165, 1.54) is 199 Å². The van der Waals surface area contributed by atoms with Crippen LogP contribution >= 0.6 is 0 Å². The maximum atomic E-state index is 2.47. The van der Waals surface area contributed by atoms with Crippen LogP contribution in [0.1, 0.15) is 124 Å². The zero-order chi connectivity index (χ0) is 91.1. The van der Waals surface area contributed by atoms with Crippen LogP contribution in [0.15, 0.2) is 437 Å². The third kappa shape index (κ3) is 20.2. The van der Waals surface area contributed by atoms with Crippen molar-refractivity contribution < 1.29 is 0 Å². The largest absolute Gasteiger partial charge is 0.311 e. The Hall–Kier alpha value is -15.1. The van der Waals surface area contributed by atoms with Gasteiger partial charge in [-0.05, 0) is 344 Å². The quantitative estimate of drug-likeness (QED) is 0.0373. The Kier molecular flexibility index (Phi) is 27.3. The van der Waals surface area contributed by atoms with Crippen molar-refractivity contribution in [3.05, 3.63) is 470 Å². The smallest absolute Gasteiger partial charge is 0.0467 e. The maximum absolute atomic E-state index is 2.47. The molecule has 0 N–H and O–H groups in total. The molecule has 0 aromatic heterocycles. The summed E-state index contributed by atoms with van der Waals surface area (Å²) in [4.78, 5) is 9.64. The van der Waals surface area contributed by atoms with Crippen LogP contribution in [0, 0.1) is 27.7 Å². The monoisotopic (exact) mass is 1730 g/mol. The molecule has 0 amide bonds. The van der Waals surface area contributed by atoms with Gasteiger partial charge in [-0.1, -0.05) is 368 Å². The molecule has 0 atom stereocenters. The standard InChI is InChI=1S/C130H118N4/c1-7-9-11-13-15-19-29-97-31-25-39-123(87-97)133(119-79-67-106(68-80-119)101-49-43-93(3)44-50-101)125-41-27-37-111(89-125)113-59-57-109-51-47-95(5)129(127(109)91-113)130-96(6)48-52-110-58-60-114(92-128(110)130)112-38-28-42-126(90-112)134(124-40-26-32-98(88-124)30-20-16-14-12-10-8-2)120-81-69-108(70-82-120)103-55-53-102(54-56-103)107-65-77-118(78-66-107)132(117-75-63-105(64-76-117)100-35-23-18-24-36-100)122-85-83-121(84-86-122)131(115-71-45-94(4)46-72-115)116-73-61-104(62-74-116)99-33-21-17-22-34-99/h17-18,21-28,31-92H,7-16,19-20,29-30H2,1-6H3. The Morgan fingerprint density at radius 3 is 0.716 bits per heavy atom. The summed E-state index contributed by atoms with van der Waals surface area (Å²) in [5.41, 5.74) is 40.0. The molecule has 19 aromatic carbocycles. The number of hydrogen-bond acceptors (Lipinski definition) is 4. The molecule has 19 rings (SSSR count). The van der Waals surface area contributed by atoms with Gasteiger partial charge in [0.25, 0.3) is 0 Å². The summed E-state index contributed by atoms with van der Waals surface area (Å²) in [7, 11) is 0. The van der Waals surface area contributed by atoms with Crippen molar-refractivity contribution in [2.24, 2.45) is 0 Å². The molecular weight excluding hydrogens is 1620 g/mol. The van der Waals surface area contributed by atoms with Gasteiger partial charge in [0.05, 0.1) is 0 Å². The van der Waals surface area contributed by atoms with Gasteiger partial charge in [-0.25, -0.2) is 0 Å². The molecule has 0 unspecified atom stereocenters. The molecule has 0 radical (unpaired) electrons. The first-order chi connectivity index (χ1) is 66.0. The van der Waals surface area contributed by atoms with Gasteiger partial charge in [-0.3, -0.25) is 0 Å². The molecule has 0 spiro atoms. The van der Waals surface area contributed by atoms with Crippen LogP contribution in [0.25, 0.3) is 111 Å². The van der Waals surface area contributed by atoms with Crippen LogP contribution in [-0.4, -0.2) is 0 Å². The lowest BCUT2D eigenvalue weighted by Gasteiger charge is -2.28. The molecule has 0 fully saturated rings. The Morgan fingerprint density at radius 1 is 0.164 bits per heavy atom. The molecule has 0 heterocycles. The first-order valence-electron chi connectivity index (χ1n) is 48.6. The van der Waals surface area contributed by atoms with Gasteiger partial charge in [-0.15, -0.1) is 0 Å². The fourth-order valence-corrected chi connectivity index (χ4v) is 19.6. The Bertz CT molecular complexity index is 7170. The fraction of sp³-hybridized carbons (Fsp3) is 0.154. The van der Waals surface area contributed by atoms with E-state index >= 15 is 0 Å². The van der Waals surface area contributed by atoms with Crippen molar-refractivity contribution in [2.75, 3.05) is 19.6 Å². The minimum Gasteiger partial charge on any atom is -0.311 e. The predicted octanol–water partition coefficient (Wildman–Crippen LogP) is 38.2. The molecule has 0 aliphatic heterocycles. The van der Waals surface area contributed by atoms with E-state index < -0.39 is 0 Å². The number of rotatable bonds is 34. The summed E-state index contributed by atoms with van der Waals surface area (Å²) >= 11 is 0. The SMILES string of the molecule is CCCCCCCCc1cccc(N(c2ccc(-c3ccc(C)cc3)cc2)c2cccc(-c3ccc4ccc(C)c(-c5c(C)ccc6ccc(-c7cccc(N(c8ccc(-c9ccc(-c%10ccc(N(c%11ccc(-c%12ccccc%12)cc%11)c%11ccc(N(c%12ccc(C)cc%12)c%12ccc(-c%13ccccc%13)cc%12)cc%11)cc%10)cc9)cc8)c8cccc(CCCCCCCC)c8)c7)cc56)c4c3)c2)c1. The third-order valence-corrected chi connectivity index (χ3v) is 27.0. The van der Waals surface area contributed by atoms with E-state index in [1.54, 1.807) is 0 Å². The summed E-state index contributed by atoms with van der Waals surface area (Å²) in [5.74, 6) is 0. The summed E-state index contributed by atoms with van der Waals surface area (Å²) in [6, 6.07) is 163. The maximum Gasteiger partial charge on any atom is 0.0467 e. The minimum atomic E-state index is 1.05. The molecule has 0 saturated carbocycles. The first-order valence-corrected chi connectivity index (χ1v) is 48.6. The average Bonchev–Trinajstić information content (AvgIpc) is 0.743. The van der Waals surface area contributed by atoms with Crippen molar-refractivity contribution in [1.29, 1.82) is 0 Å². The predicted molar refractivity (Wildman–Crippen MR) is 577 cm³/mol. The van der Waals surface area contributed by atoms with Crippen LogP contribution in [-0.2, 0) is 12.8 Å².